The molecule has 0 unspecified atom stereocenters. The van der Waals surface area contributed by atoms with Gasteiger partial charge in [-0.3, -0.25) is 0 Å². The van der Waals surface area contributed by atoms with Gasteiger partial charge in [0.05, 0.1) is 0 Å². The number of rotatable bonds is 12. The average Bonchev–Trinajstić information content (AvgIpc) is 2.58. The molecule has 0 aliphatic carbocycles. The molecular weight excluding hydrogens is 295 g/mol. The molecule has 0 atom stereocenters. The fraction of sp³-hybridized carbons (Fsp3) is 0.727. The lowest BCUT2D eigenvalue weighted by molar-refractivity contribution is 0.737. The summed E-state index contributed by atoms with van der Waals surface area (Å²) in [4.78, 5) is 0. The first-order valence-corrected chi connectivity index (χ1v) is 11.8. The van der Waals surface area contributed by atoms with Gasteiger partial charge in [-0.1, -0.05) is 73.9 Å². The van der Waals surface area contributed by atoms with Crippen molar-refractivity contribution in [3.05, 3.63) is 28.8 Å². The predicted molar refractivity (Wildman–Crippen MR) is 110 cm³/mol. The molecule has 0 aliphatic heterocycles. The van der Waals surface area contributed by atoms with E-state index in [2.05, 4.69) is 46.8 Å². The first-order valence-electron chi connectivity index (χ1n) is 10.1. The van der Waals surface area contributed by atoms with Crippen molar-refractivity contribution in [2.45, 2.75) is 92.4 Å². The topological polar surface area (TPSA) is 0 Å². The number of hydrogen-bond acceptors (Lipinski definition) is 0. The molecule has 0 amide bonds. The zero-order valence-corrected chi connectivity index (χ0v) is 17.3. The molecule has 23 heavy (non-hydrogen) atoms. The van der Waals surface area contributed by atoms with Gasteiger partial charge in [-0.05, 0) is 72.8 Å². The first kappa shape index (κ1) is 20.7. The van der Waals surface area contributed by atoms with Crippen LogP contribution in [-0.2, 0) is 19.3 Å². The van der Waals surface area contributed by atoms with Crippen molar-refractivity contribution >= 4 is 13.2 Å². The molecule has 0 aromatic heterocycles. The smallest absolute Gasteiger partial charge is 0.0206 e. The molecular formula is C22H39P. The average molecular weight is 335 g/mol. The van der Waals surface area contributed by atoms with E-state index in [0.29, 0.717) is 0 Å². The lowest BCUT2D eigenvalue weighted by Crippen LogP contribution is -2.16. The van der Waals surface area contributed by atoms with Gasteiger partial charge in [0, 0.05) is 0 Å². The third-order valence-corrected chi connectivity index (χ3v) is 7.60. The SMILES string of the molecule is CCCCc1ccc(P(CC)CC)c(CCCC)c1CCCC. The second-order valence-corrected chi connectivity index (χ2v) is 9.51. The molecule has 1 rings (SSSR count). The molecule has 1 aromatic rings. The summed E-state index contributed by atoms with van der Waals surface area (Å²) in [6.45, 7) is 11.7. The lowest BCUT2D eigenvalue weighted by atomic mass is 9.91. The number of benzene rings is 1. The minimum Gasteiger partial charge on any atom is -0.0756 e. The van der Waals surface area contributed by atoms with Crippen LogP contribution in [0.5, 0.6) is 0 Å². The van der Waals surface area contributed by atoms with Gasteiger partial charge in [0.15, 0.2) is 0 Å². The normalized spacial score (nSPS) is 11.4. The summed E-state index contributed by atoms with van der Waals surface area (Å²) in [6.07, 6.45) is 14.5. The van der Waals surface area contributed by atoms with Crippen LogP contribution in [0, 0.1) is 0 Å². The lowest BCUT2D eigenvalue weighted by Gasteiger charge is -2.24. The van der Waals surface area contributed by atoms with Crippen LogP contribution < -0.4 is 5.30 Å². The fourth-order valence-corrected chi connectivity index (χ4v) is 5.53. The highest BCUT2D eigenvalue weighted by molar-refractivity contribution is 7.65. The third kappa shape index (κ3) is 6.22. The molecule has 0 fully saturated rings. The van der Waals surface area contributed by atoms with Crippen LogP contribution in [0.15, 0.2) is 12.1 Å². The standard InChI is InChI=1S/C22H39P/c1-6-11-14-19-17-18-22(23(9-4)10-5)21(16-13-8-3)20(19)15-12-7-2/h17-18H,6-16H2,1-5H3. The third-order valence-electron chi connectivity index (χ3n) is 4.97. The van der Waals surface area contributed by atoms with E-state index >= 15 is 0 Å². The Morgan fingerprint density at radius 3 is 1.70 bits per heavy atom. The van der Waals surface area contributed by atoms with Crippen LogP contribution in [0.1, 0.15) is 89.8 Å². The van der Waals surface area contributed by atoms with Gasteiger partial charge in [0.25, 0.3) is 0 Å². The molecule has 0 nitrogen and oxygen atoms in total. The highest BCUT2D eigenvalue weighted by Gasteiger charge is 2.17. The summed E-state index contributed by atoms with van der Waals surface area (Å²) in [6, 6.07) is 5.01. The highest BCUT2D eigenvalue weighted by Crippen LogP contribution is 2.37. The van der Waals surface area contributed by atoms with Crippen LogP contribution in [0.4, 0.5) is 0 Å². The molecule has 1 heteroatoms. The van der Waals surface area contributed by atoms with E-state index in [1.54, 1.807) is 22.0 Å². The maximum absolute atomic E-state index is 2.52. The van der Waals surface area contributed by atoms with Gasteiger partial charge < -0.3 is 0 Å². The molecule has 0 radical (unpaired) electrons. The maximum atomic E-state index is 2.52. The molecule has 0 saturated carbocycles. The second kappa shape index (κ2) is 12.1. The van der Waals surface area contributed by atoms with E-state index < -0.39 is 0 Å². The van der Waals surface area contributed by atoms with E-state index in [1.165, 1.54) is 70.1 Å². The van der Waals surface area contributed by atoms with Crippen molar-refractivity contribution in [2.24, 2.45) is 0 Å². The van der Waals surface area contributed by atoms with E-state index in [0.717, 1.165) is 0 Å². The van der Waals surface area contributed by atoms with Gasteiger partial charge in [0.2, 0.25) is 0 Å². The summed E-state index contributed by atoms with van der Waals surface area (Å²) in [7, 11) is 0.0548. The van der Waals surface area contributed by atoms with Gasteiger partial charge in [-0.15, -0.1) is 0 Å². The van der Waals surface area contributed by atoms with Crippen LogP contribution in [0.2, 0.25) is 0 Å². The summed E-state index contributed by atoms with van der Waals surface area (Å²) in [5.41, 5.74) is 5.18. The van der Waals surface area contributed by atoms with Crippen molar-refractivity contribution in [1.82, 2.24) is 0 Å². The molecule has 0 bridgehead atoms. The van der Waals surface area contributed by atoms with E-state index in [9.17, 15) is 0 Å². The molecule has 1 aromatic carbocycles. The Bertz CT molecular complexity index is 432. The van der Waals surface area contributed by atoms with Crippen LogP contribution in [0.3, 0.4) is 0 Å². The predicted octanol–water partition coefficient (Wildman–Crippen LogP) is 6.86. The minimum atomic E-state index is 0.0548. The largest absolute Gasteiger partial charge is 0.0756 e. The van der Waals surface area contributed by atoms with E-state index in [1.807, 2.05) is 0 Å². The number of hydrogen-bond donors (Lipinski definition) is 0. The molecule has 0 saturated heterocycles. The molecule has 0 N–H and O–H groups in total. The van der Waals surface area contributed by atoms with Crippen molar-refractivity contribution in [1.29, 1.82) is 0 Å². The van der Waals surface area contributed by atoms with Crippen molar-refractivity contribution in [3.8, 4) is 0 Å². The van der Waals surface area contributed by atoms with Crippen molar-refractivity contribution in [2.75, 3.05) is 12.3 Å². The highest BCUT2D eigenvalue weighted by atomic mass is 31.1. The summed E-state index contributed by atoms with van der Waals surface area (Å²) in [5, 5.41) is 1.74. The summed E-state index contributed by atoms with van der Waals surface area (Å²) < 4.78 is 0. The summed E-state index contributed by atoms with van der Waals surface area (Å²) in [5.74, 6) is 0. The Morgan fingerprint density at radius 2 is 1.17 bits per heavy atom. The van der Waals surface area contributed by atoms with Gasteiger partial charge >= 0.3 is 0 Å². The molecule has 0 aliphatic rings. The van der Waals surface area contributed by atoms with Gasteiger partial charge in [-0.2, -0.15) is 0 Å². The molecule has 0 spiro atoms. The fourth-order valence-electron chi connectivity index (χ4n) is 3.49. The summed E-state index contributed by atoms with van der Waals surface area (Å²) >= 11 is 0. The Hall–Kier alpha value is -0.350. The molecule has 0 heterocycles. The maximum Gasteiger partial charge on any atom is -0.0206 e. The Kier molecular flexibility index (Phi) is 10.9. The zero-order chi connectivity index (χ0) is 17.1. The van der Waals surface area contributed by atoms with Gasteiger partial charge in [0.1, 0.15) is 0 Å². The second-order valence-electron chi connectivity index (χ2n) is 6.68. The van der Waals surface area contributed by atoms with Crippen LogP contribution in [0.25, 0.3) is 0 Å². The number of unbranched alkanes of at least 4 members (excludes halogenated alkanes) is 3. The zero-order valence-electron chi connectivity index (χ0n) is 16.4. The van der Waals surface area contributed by atoms with Crippen LogP contribution in [-0.4, -0.2) is 12.3 Å². The first-order chi connectivity index (χ1) is 11.2. The Balaban J connectivity index is 3.28. The van der Waals surface area contributed by atoms with Crippen molar-refractivity contribution < 1.29 is 0 Å². The Morgan fingerprint density at radius 1 is 0.652 bits per heavy atom. The molecule has 132 valence electrons. The van der Waals surface area contributed by atoms with E-state index in [4.69, 9.17) is 0 Å². The minimum absolute atomic E-state index is 0.0548. The number of aryl methyl sites for hydroxylation is 1. The quantitative estimate of drug-likeness (QED) is 0.366. The van der Waals surface area contributed by atoms with E-state index in [-0.39, 0.29) is 7.92 Å². The van der Waals surface area contributed by atoms with Crippen molar-refractivity contribution in [3.63, 3.8) is 0 Å². The monoisotopic (exact) mass is 334 g/mol. The van der Waals surface area contributed by atoms with Crippen LogP contribution >= 0.6 is 7.92 Å². The van der Waals surface area contributed by atoms with Gasteiger partial charge in [-0.25, -0.2) is 0 Å². The Labute approximate surface area is 147 Å².